The first-order chi connectivity index (χ1) is 19.5. The minimum atomic E-state index is -1.47. The molecular formula is C28H36N4O8S. The number of amides is 3. The lowest BCUT2D eigenvalue weighted by Crippen LogP contribution is -2.58. The number of hydrogen-bond acceptors (Lipinski definition) is 8. The number of aliphatic carboxylic acids is 2. The Morgan fingerprint density at radius 1 is 0.756 bits per heavy atom. The number of hydrogen-bond donors (Lipinski definition) is 7. The number of phenolic OH excluding ortho intramolecular Hbond substituents is 1. The van der Waals surface area contributed by atoms with Gasteiger partial charge in [0.25, 0.3) is 0 Å². The van der Waals surface area contributed by atoms with Crippen LogP contribution in [0.1, 0.15) is 30.4 Å². The average Bonchev–Trinajstić information content (AvgIpc) is 2.94. The Hall–Kier alpha value is -4.10. The van der Waals surface area contributed by atoms with E-state index in [0.29, 0.717) is 16.9 Å². The Labute approximate surface area is 242 Å². The first-order valence-corrected chi connectivity index (χ1v) is 14.3. The highest BCUT2D eigenvalue weighted by atomic mass is 32.2. The van der Waals surface area contributed by atoms with Crippen LogP contribution in [0, 0.1) is 0 Å². The molecule has 222 valence electrons. The third-order valence-electron chi connectivity index (χ3n) is 6.15. The highest BCUT2D eigenvalue weighted by Crippen LogP contribution is 2.12. The summed E-state index contributed by atoms with van der Waals surface area (Å²) in [6.45, 7) is 0. The highest BCUT2D eigenvalue weighted by Gasteiger charge is 2.30. The van der Waals surface area contributed by atoms with Crippen LogP contribution in [0.5, 0.6) is 5.75 Å². The van der Waals surface area contributed by atoms with Crippen molar-refractivity contribution in [3.05, 3.63) is 65.7 Å². The van der Waals surface area contributed by atoms with Crippen molar-refractivity contribution in [2.75, 3.05) is 12.0 Å². The van der Waals surface area contributed by atoms with Crippen LogP contribution in [0.15, 0.2) is 54.6 Å². The van der Waals surface area contributed by atoms with E-state index in [4.69, 9.17) is 10.8 Å². The molecule has 3 amide bonds. The predicted octanol–water partition coefficient (Wildman–Crippen LogP) is 0.662. The van der Waals surface area contributed by atoms with Gasteiger partial charge in [0, 0.05) is 12.8 Å². The molecule has 13 heteroatoms. The van der Waals surface area contributed by atoms with E-state index in [2.05, 4.69) is 16.0 Å². The van der Waals surface area contributed by atoms with Gasteiger partial charge >= 0.3 is 11.9 Å². The molecule has 4 unspecified atom stereocenters. The van der Waals surface area contributed by atoms with Crippen LogP contribution in [0.25, 0.3) is 0 Å². The molecule has 12 nitrogen and oxygen atoms in total. The number of nitrogens with two attached hydrogens (primary N) is 1. The summed E-state index contributed by atoms with van der Waals surface area (Å²) in [4.78, 5) is 62.0. The summed E-state index contributed by atoms with van der Waals surface area (Å²) in [6, 6.07) is 10.3. The van der Waals surface area contributed by atoms with E-state index in [0.717, 1.165) is 0 Å². The number of aromatic hydroxyl groups is 1. The molecule has 0 heterocycles. The van der Waals surface area contributed by atoms with E-state index in [-0.39, 0.29) is 31.4 Å². The van der Waals surface area contributed by atoms with Crippen LogP contribution in [-0.2, 0) is 36.8 Å². The topological polar surface area (TPSA) is 208 Å². The van der Waals surface area contributed by atoms with Gasteiger partial charge in [0.2, 0.25) is 17.7 Å². The van der Waals surface area contributed by atoms with Gasteiger partial charge in [0.1, 0.15) is 23.9 Å². The van der Waals surface area contributed by atoms with Gasteiger partial charge < -0.3 is 37.0 Å². The summed E-state index contributed by atoms with van der Waals surface area (Å²) in [5.74, 6) is -4.07. The number of nitrogens with one attached hydrogen (secondary N) is 3. The molecule has 0 spiro atoms. The average molecular weight is 589 g/mol. The van der Waals surface area contributed by atoms with Crippen molar-refractivity contribution >= 4 is 41.4 Å². The molecule has 2 aromatic rings. The first-order valence-electron chi connectivity index (χ1n) is 12.9. The molecule has 41 heavy (non-hydrogen) atoms. The van der Waals surface area contributed by atoms with Crippen LogP contribution < -0.4 is 21.7 Å². The van der Waals surface area contributed by atoms with Crippen LogP contribution >= 0.6 is 11.8 Å². The zero-order valence-corrected chi connectivity index (χ0v) is 23.4. The maximum atomic E-state index is 13.4. The van der Waals surface area contributed by atoms with Gasteiger partial charge in [-0.05, 0) is 54.5 Å². The molecule has 0 aliphatic carbocycles. The summed E-state index contributed by atoms with van der Waals surface area (Å²) < 4.78 is 0. The maximum absolute atomic E-state index is 13.4. The summed E-state index contributed by atoms with van der Waals surface area (Å²) >= 11 is 1.46. The number of phenols is 1. The number of carbonyl (C=O) groups is 5. The number of carbonyl (C=O) groups excluding carboxylic acids is 3. The number of carboxylic acids is 2. The first kappa shape index (κ1) is 33.1. The van der Waals surface area contributed by atoms with E-state index in [9.17, 15) is 34.2 Å². The van der Waals surface area contributed by atoms with Gasteiger partial charge in [-0.1, -0.05) is 42.5 Å². The molecule has 0 radical (unpaired) electrons. The quantitative estimate of drug-likeness (QED) is 0.137. The largest absolute Gasteiger partial charge is 0.508 e. The number of thioether (sulfide) groups is 1. The smallest absolute Gasteiger partial charge is 0.326 e. The van der Waals surface area contributed by atoms with Gasteiger partial charge in [-0.3, -0.25) is 19.2 Å². The molecule has 0 saturated heterocycles. The fourth-order valence-corrected chi connectivity index (χ4v) is 4.36. The zero-order valence-electron chi connectivity index (χ0n) is 22.6. The van der Waals surface area contributed by atoms with Gasteiger partial charge in [-0.25, -0.2) is 4.79 Å². The van der Waals surface area contributed by atoms with Crippen molar-refractivity contribution in [1.29, 1.82) is 0 Å². The standard InChI is InChI=1S/C28H36N4O8S/c1-41-14-13-21(30-25(36)20(29)15-18-7-9-19(33)10-8-18)26(37)32-23(16-17-5-3-2-4-6-17)27(38)31-22(28(39)40)11-12-24(34)35/h2-10,20-23,33H,11-16,29H2,1H3,(H,30,36)(H,31,38)(H,32,37)(H,34,35)(H,39,40). The highest BCUT2D eigenvalue weighted by molar-refractivity contribution is 7.98. The van der Waals surface area contributed by atoms with Crippen LogP contribution in [-0.4, -0.2) is 81.2 Å². The van der Waals surface area contributed by atoms with Crippen molar-refractivity contribution in [1.82, 2.24) is 16.0 Å². The second-order valence-electron chi connectivity index (χ2n) is 9.40. The Morgan fingerprint density at radius 3 is 1.90 bits per heavy atom. The second kappa shape index (κ2) is 16.9. The molecule has 2 aromatic carbocycles. The summed E-state index contributed by atoms with van der Waals surface area (Å²) in [6.07, 6.45) is 1.44. The normalized spacial score (nSPS) is 13.7. The van der Waals surface area contributed by atoms with Crippen LogP contribution in [0.3, 0.4) is 0 Å². The SMILES string of the molecule is CSCCC(NC(=O)C(N)Cc1ccc(O)cc1)C(=O)NC(Cc1ccccc1)C(=O)NC(CCC(=O)O)C(=O)O. The molecule has 0 aromatic heterocycles. The fraction of sp³-hybridized carbons (Fsp3) is 0.393. The third kappa shape index (κ3) is 11.9. The molecule has 2 rings (SSSR count). The van der Waals surface area contributed by atoms with E-state index in [1.54, 1.807) is 42.5 Å². The van der Waals surface area contributed by atoms with Crippen molar-refractivity contribution in [3.63, 3.8) is 0 Å². The van der Waals surface area contributed by atoms with E-state index < -0.39 is 60.2 Å². The van der Waals surface area contributed by atoms with E-state index >= 15 is 0 Å². The minimum absolute atomic E-state index is 0.0211. The van der Waals surface area contributed by atoms with Crippen molar-refractivity contribution in [2.24, 2.45) is 5.73 Å². The number of benzene rings is 2. The Bertz CT molecular complexity index is 1180. The van der Waals surface area contributed by atoms with Crippen molar-refractivity contribution < 1.29 is 39.3 Å². The molecule has 0 fully saturated rings. The lowest BCUT2D eigenvalue weighted by molar-refractivity contribution is -0.143. The Balaban J connectivity index is 2.18. The van der Waals surface area contributed by atoms with E-state index in [1.807, 2.05) is 6.26 Å². The van der Waals surface area contributed by atoms with Gasteiger partial charge in [-0.2, -0.15) is 11.8 Å². The summed E-state index contributed by atoms with van der Waals surface area (Å²) in [5.41, 5.74) is 7.48. The maximum Gasteiger partial charge on any atom is 0.326 e. The molecule has 4 atom stereocenters. The summed E-state index contributed by atoms with van der Waals surface area (Å²) in [5, 5.41) is 35.5. The fourth-order valence-electron chi connectivity index (χ4n) is 3.89. The molecular weight excluding hydrogens is 552 g/mol. The van der Waals surface area contributed by atoms with Crippen molar-refractivity contribution in [3.8, 4) is 5.75 Å². The third-order valence-corrected chi connectivity index (χ3v) is 6.79. The predicted molar refractivity (Wildman–Crippen MR) is 153 cm³/mol. The van der Waals surface area contributed by atoms with E-state index in [1.165, 1.54) is 23.9 Å². The zero-order chi connectivity index (χ0) is 30.4. The molecule has 8 N–H and O–H groups in total. The lowest BCUT2D eigenvalue weighted by Gasteiger charge is -2.25. The van der Waals surface area contributed by atoms with Gasteiger partial charge in [0.05, 0.1) is 6.04 Å². The van der Waals surface area contributed by atoms with Crippen LogP contribution in [0.4, 0.5) is 0 Å². The molecule has 0 saturated carbocycles. The number of rotatable bonds is 17. The minimum Gasteiger partial charge on any atom is -0.508 e. The van der Waals surface area contributed by atoms with Gasteiger partial charge in [-0.15, -0.1) is 0 Å². The Morgan fingerprint density at radius 2 is 1.32 bits per heavy atom. The second-order valence-corrected chi connectivity index (χ2v) is 10.4. The molecule has 0 aliphatic rings. The summed E-state index contributed by atoms with van der Waals surface area (Å²) in [7, 11) is 0. The van der Waals surface area contributed by atoms with Crippen molar-refractivity contribution in [2.45, 2.75) is 56.3 Å². The Kier molecular flexibility index (Phi) is 13.6. The van der Waals surface area contributed by atoms with Gasteiger partial charge in [0.15, 0.2) is 0 Å². The molecule has 0 bridgehead atoms. The number of carboxylic acid groups (broad SMARTS) is 2. The van der Waals surface area contributed by atoms with Crippen LogP contribution in [0.2, 0.25) is 0 Å². The molecule has 0 aliphatic heterocycles. The lowest BCUT2D eigenvalue weighted by atomic mass is 10.0. The monoisotopic (exact) mass is 588 g/mol.